The van der Waals surface area contributed by atoms with Gasteiger partial charge in [0.1, 0.15) is 0 Å². The Balaban J connectivity index is 2.02. The molecule has 4 heteroatoms. The van der Waals surface area contributed by atoms with Crippen molar-refractivity contribution in [3.8, 4) is 0 Å². The average Bonchev–Trinajstić information content (AvgIpc) is 2.49. The van der Waals surface area contributed by atoms with Crippen LogP contribution in [0.4, 0.5) is 0 Å². The number of halogens is 1. The summed E-state index contributed by atoms with van der Waals surface area (Å²) in [6.45, 7) is 7.60. The number of aliphatic imine (C=N–C) groups is 1. The third kappa shape index (κ3) is 3.50. The summed E-state index contributed by atoms with van der Waals surface area (Å²) < 4.78 is 0. The Hall–Kier alpha value is -0.670. The molecule has 0 amide bonds. The molecule has 1 unspecified atom stereocenters. The van der Waals surface area contributed by atoms with Gasteiger partial charge in [0.25, 0.3) is 0 Å². The first-order valence-electron chi connectivity index (χ1n) is 7.28. The van der Waals surface area contributed by atoms with Crippen molar-refractivity contribution in [2.45, 2.75) is 39.7 Å². The van der Waals surface area contributed by atoms with E-state index in [9.17, 15) is 0 Å². The number of nitrogens with one attached hydrogen (secondary N) is 1. The lowest BCUT2D eigenvalue weighted by atomic mass is 9.84. The van der Waals surface area contributed by atoms with Gasteiger partial charge in [-0.25, -0.2) is 0 Å². The molecule has 0 saturated heterocycles. The number of amidine groups is 1. The normalized spacial score (nSPS) is 19.3. The van der Waals surface area contributed by atoms with Crippen LogP contribution >= 0.6 is 23.4 Å². The van der Waals surface area contributed by atoms with E-state index in [4.69, 9.17) is 16.6 Å². The topological polar surface area (TPSA) is 24.4 Å². The second kappa shape index (κ2) is 6.86. The molecule has 1 aliphatic rings. The van der Waals surface area contributed by atoms with Crippen LogP contribution in [0, 0.1) is 5.41 Å². The van der Waals surface area contributed by atoms with Crippen molar-refractivity contribution < 1.29 is 0 Å². The van der Waals surface area contributed by atoms with Crippen molar-refractivity contribution in [1.82, 2.24) is 5.32 Å². The summed E-state index contributed by atoms with van der Waals surface area (Å²) in [6.07, 6.45) is 2.40. The Morgan fingerprint density at radius 3 is 2.60 bits per heavy atom. The lowest BCUT2D eigenvalue weighted by molar-refractivity contribution is 0.318. The van der Waals surface area contributed by atoms with Gasteiger partial charge in [-0.05, 0) is 36.8 Å². The first-order chi connectivity index (χ1) is 9.60. The molecule has 2 rings (SSSR count). The molecule has 20 heavy (non-hydrogen) atoms. The van der Waals surface area contributed by atoms with Gasteiger partial charge in [0, 0.05) is 17.3 Å². The highest BCUT2D eigenvalue weighted by Gasteiger charge is 2.30. The summed E-state index contributed by atoms with van der Waals surface area (Å²) in [5.74, 6) is 1.15. The van der Waals surface area contributed by atoms with E-state index in [1.54, 1.807) is 0 Å². The molecule has 1 N–H and O–H groups in total. The number of hydrogen-bond donors (Lipinski definition) is 1. The number of thioether (sulfide) groups is 1. The van der Waals surface area contributed by atoms with E-state index in [0.29, 0.717) is 5.41 Å². The van der Waals surface area contributed by atoms with Crippen molar-refractivity contribution in [3.63, 3.8) is 0 Å². The first-order valence-corrected chi connectivity index (χ1v) is 8.65. The summed E-state index contributed by atoms with van der Waals surface area (Å²) in [5.41, 5.74) is 1.52. The van der Waals surface area contributed by atoms with Crippen molar-refractivity contribution in [3.05, 3.63) is 34.9 Å². The van der Waals surface area contributed by atoms with Crippen LogP contribution in [0.1, 0.15) is 45.2 Å². The molecule has 1 aromatic rings. The predicted octanol–water partition coefficient (Wildman–Crippen LogP) is 4.90. The standard InChI is InChI=1S/C16H23ClN2S/c1-4-16(5-2)10-18-15(20-11-16)19-12(3)13-8-6-7-9-14(13)17/h6-9,12H,4-5,10-11H2,1-3H3,(H,18,19). The van der Waals surface area contributed by atoms with Gasteiger partial charge in [-0.1, -0.05) is 55.4 Å². The van der Waals surface area contributed by atoms with Crippen LogP contribution in [0.3, 0.4) is 0 Å². The Labute approximate surface area is 131 Å². The van der Waals surface area contributed by atoms with Crippen LogP contribution in [0.15, 0.2) is 29.3 Å². The molecular weight excluding hydrogens is 288 g/mol. The van der Waals surface area contributed by atoms with Crippen LogP contribution in [-0.4, -0.2) is 17.5 Å². The van der Waals surface area contributed by atoms with Crippen molar-refractivity contribution >= 4 is 28.5 Å². The number of rotatable bonds is 4. The Bertz CT molecular complexity index is 483. The maximum absolute atomic E-state index is 6.24. The molecule has 0 spiro atoms. The summed E-state index contributed by atoms with van der Waals surface area (Å²) in [4.78, 5) is 4.75. The largest absolute Gasteiger partial charge is 0.358 e. The summed E-state index contributed by atoms with van der Waals surface area (Å²) in [7, 11) is 0. The fourth-order valence-electron chi connectivity index (χ4n) is 2.41. The first kappa shape index (κ1) is 15.7. The van der Waals surface area contributed by atoms with Crippen LogP contribution < -0.4 is 5.32 Å². The second-order valence-corrected chi connectivity index (χ2v) is 6.88. The molecule has 0 aliphatic carbocycles. The minimum absolute atomic E-state index is 0.186. The maximum Gasteiger partial charge on any atom is 0.157 e. The van der Waals surface area contributed by atoms with Crippen LogP contribution in [-0.2, 0) is 0 Å². The minimum Gasteiger partial charge on any atom is -0.358 e. The predicted molar refractivity (Wildman–Crippen MR) is 90.8 cm³/mol. The highest BCUT2D eigenvalue weighted by Crippen LogP contribution is 2.35. The molecule has 1 heterocycles. The smallest absolute Gasteiger partial charge is 0.157 e. The molecule has 0 radical (unpaired) electrons. The van der Waals surface area contributed by atoms with Gasteiger partial charge in [-0.2, -0.15) is 0 Å². The van der Waals surface area contributed by atoms with Crippen LogP contribution in [0.25, 0.3) is 0 Å². The third-order valence-corrected chi connectivity index (χ3v) is 5.91. The fourth-order valence-corrected chi connectivity index (χ4v) is 4.06. The molecule has 2 nitrogen and oxygen atoms in total. The van der Waals surface area contributed by atoms with E-state index in [1.807, 2.05) is 30.0 Å². The Morgan fingerprint density at radius 1 is 1.35 bits per heavy atom. The summed E-state index contributed by atoms with van der Waals surface area (Å²) >= 11 is 8.08. The van der Waals surface area contributed by atoms with E-state index in [1.165, 1.54) is 12.8 Å². The summed E-state index contributed by atoms with van der Waals surface area (Å²) in [6, 6.07) is 8.17. The highest BCUT2D eigenvalue weighted by molar-refractivity contribution is 8.13. The van der Waals surface area contributed by atoms with Gasteiger partial charge >= 0.3 is 0 Å². The third-order valence-electron chi connectivity index (χ3n) is 4.28. The van der Waals surface area contributed by atoms with Crippen molar-refractivity contribution in [2.75, 3.05) is 12.3 Å². The molecule has 0 saturated carbocycles. The number of benzene rings is 1. The van der Waals surface area contributed by atoms with Crippen molar-refractivity contribution in [1.29, 1.82) is 0 Å². The number of nitrogens with zero attached hydrogens (tertiary/aromatic N) is 1. The van der Waals surface area contributed by atoms with Gasteiger partial charge in [0.05, 0.1) is 6.04 Å². The van der Waals surface area contributed by atoms with Gasteiger partial charge < -0.3 is 5.32 Å². The molecular formula is C16H23ClN2S. The zero-order valence-electron chi connectivity index (χ0n) is 12.4. The Kier molecular flexibility index (Phi) is 5.39. The van der Waals surface area contributed by atoms with Gasteiger partial charge in [-0.15, -0.1) is 0 Å². The zero-order valence-corrected chi connectivity index (χ0v) is 14.0. The van der Waals surface area contributed by atoms with Gasteiger partial charge in [0.15, 0.2) is 5.17 Å². The van der Waals surface area contributed by atoms with E-state index < -0.39 is 0 Å². The lowest BCUT2D eigenvalue weighted by Crippen LogP contribution is -2.35. The Morgan fingerprint density at radius 2 is 2.05 bits per heavy atom. The monoisotopic (exact) mass is 310 g/mol. The highest BCUT2D eigenvalue weighted by atomic mass is 35.5. The average molecular weight is 311 g/mol. The van der Waals surface area contributed by atoms with E-state index in [-0.39, 0.29) is 6.04 Å². The van der Waals surface area contributed by atoms with Crippen molar-refractivity contribution in [2.24, 2.45) is 10.4 Å². The van der Waals surface area contributed by atoms with E-state index >= 15 is 0 Å². The second-order valence-electron chi connectivity index (χ2n) is 5.50. The maximum atomic E-state index is 6.24. The molecule has 1 aromatic carbocycles. The molecule has 110 valence electrons. The molecule has 0 bridgehead atoms. The van der Waals surface area contributed by atoms with Gasteiger partial charge in [-0.3, -0.25) is 4.99 Å². The van der Waals surface area contributed by atoms with Gasteiger partial charge in [0.2, 0.25) is 0 Å². The van der Waals surface area contributed by atoms with E-state index in [0.717, 1.165) is 28.1 Å². The lowest BCUT2D eigenvalue weighted by Gasteiger charge is -2.34. The quantitative estimate of drug-likeness (QED) is 0.855. The number of hydrogen-bond acceptors (Lipinski definition) is 3. The SMILES string of the molecule is CCC1(CC)CN=C(NC(C)c2ccccc2Cl)SC1. The molecule has 0 aromatic heterocycles. The molecule has 1 aliphatic heterocycles. The minimum atomic E-state index is 0.186. The summed E-state index contributed by atoms with van der Waals surface area (Å²) in [5, 5.41) is 5.35. The zero-order chi connectivity index (χ0) is 14.6. The molecule has 0 fully saturated rings. The van der Waals surface area contributed by atoms with E-state index in [2.05, 4.69) is 32.2 Å². The molecule has 1 atom stereocenters. The van der Waals surface area contributed by atoms with Crippen LogP contribution in [0.2, 0.25) is 5.02 Å². The van der Waals surface area contributed by atoms with Crippen LogP contribution in [0.5, 0.6) is 0 Å². The fraction of sp³-hybridized carbons (Fsp3) is 0.562.